The monoisotopic (exact) mass is 245 g/mol. The quantitative estimate of drug-likeness (QED) is 0.844. The molecule has 2 aliphatic heterocycles. The number of benzene rings is 1. The number of anilines is 1. The van der Waals surface area contributed by atoms with E-state index in [0.29, 0.717) is 6.04 Å². The van der Waals surface area contributed by atoms with E-state index in [1.54, 1.807) is 4.90 Å². The lowest BCUT2D eigenvalue weighted by Gasteiger charge is -2.18. The van der Waals surface area contributed by atoms with Gasteiger partial charge in [0.25, 0.3) is 0 Å². The molecule has 96 valence electrons. The average Bonchev–Trinajstić information content (AvgIpc) is 2.88. The van der Waals surface area contributed by atoms with Crippen LogP contribution in [0.25, 0.3) is 0 Å². The zero-order chi connectivity index (χ0) is 12.7. The number of para-hydroxylation sites is 1. The number of likely N-dealkylation sites (N-methyl/N-ethyl adjacent to an activating group) is 2. The number of carbonyl (C=O) groups is 1. The van der Waals surface area contributed by atoms with Crippen molar-refractivity contribution >= 4 is 11.6 Å². The van der Waals surface area contributed by atoms with Crippen molar-refractivity contribution in [2.75, 3.05) is 32.1 Å². The van der Waals surface area contributed by atoms with Crippen LogP contribution in [0.15, 0.2) is 24.3 Å². The lowest BCUT2D eigenvalue weighted by atomic mass is 10.1. The smallest absolute Gasteiger partial charge is 0.248 e. The fraction of sp³-hybridized carbons (Fsp3) is 0.500. The summed E-state index contributed by atoms with van der Waals surface area (Å²) in [6, 6.07) is 8.30. The van der Waals surface area contributed by atoms with Gasteiger partial charge in [-0.1, -0.05) is 18.2 Å². The van der Waals surface area contributed by atoms with Crippen LogP contribution in [0, 0.1) is 0 Å². The first-order valence-electron chi connectivity index (χ1n) is 6.48. The highest BCUT2D eigenvalue weighted by Crippen LogP contribution is 2.35. The van der Waals surface area contributed by atoms with Crippen molar-refractivity contribution in [3.63, 3.8) is 0 Å². The van der Waals surface area contributed by atoms with Gasteiger partial charge in [0.05, 0.1) is 0 Å². The Kier molecular flexibility index (Phi) is 2.84. The van der Waals surface area contributed by atoms with Crippen LogP contribution in [-0.4, -0.2) is 44.0 Å². The van der Waals surface area contributed by atoms with Crippen molar-refractivity contribution in [2.24, 2.45) is 0 Å². The number of nitrogens with zero attached hydrogens (tertiary/aromatic N) is 2. The molecule has 1 amide bonds. The fourth-order valence-electron chi connectivity index (χ4n) is 2.95. The van der Waals surface area contributed by atoms with Crippen LogP contribution in [0.3, 0.4) is 0 Å². The number of hydrogen-bond donors (Lipinski definition) is 1. The minimum Gasteiger partial charge on any atom is -0.313 e. The molecule has 1 fully saturated rings. The predicted octanol–water partition coefficient (Wildman–Crippen LogP) is 0.998. The van der Waals surface area contributed by atoms with Crippen LogP contribution < -0.4 is 10.2 Å². The number of amides is 1. The van der Waals surface area contributed by atoms with Gasteiger partial charge in [-0.15, -0.1) is 0 Å². The molecule has 0 aliphatic carbocycles. The Balaban J connectivity index is 1.82. The molecule has 0 spiro atoms. The van der Waals surface area contributed by atoms with E-state index in [9.17, 15) is 4.79 Å². The number of rotatable bonds is 2. The van der Waals surface area contributed by atoms with Gasteiger partial charge in [0.15, 0.2) is 0 Å². The third-order valence-corrected chi connectivity index (χ3v) is 3.98. The number of nitrogens with one attached hydrogen (secondary N) is 1. The summed E-state index contributed by atoms with van der Waals surface area (Å²) in [5, 5.41) is 3.51. The highest BCUT2D eigenvalue weighted by Gasteiger charge is 2.36. The lowest BCUT2D eigenvalue weighted by Crippen LogP contribution is -2.39. The van der Waals surface area contributed by atoms with Crippen molar-refractivity contribution in [3.8, 4) is 0 Å². The van der Waals surface area contributed by atoms with Crippen molar-refractivity contribution in [3.05, 3.63) is 29.8 Å². The molecule has 1 aromatic carbocycles. The SMILES string of the molecule is CN1CCC(NC2C(=O)N(C)c3ccccc32)C1. The van der Waals surface area contributed by atoms with Crippen LogP contribution in [0.4, 0.5) is 5.69 Å². The molecule has 0 aromatic heterocycles. The third-order valence-electron chi connectivity index (χ3n) is 3.98. The van der Waals surface area contributed by atoms with Crippen LogP contribution in [0.1, 0.15) is 18.0 Å². The molecule has 0 saturated carbocycles. The van der Waals surface area contributed by atoms with Crippen molar-refractivity contribution < 1.29 is 4.79 Å². The topological polar surface area (TPSA) is 35.6 Å². The highest BCUT2D eigenvalue weighted by molar-refractivity contribution is 6.04. The molecular weight excluding hydrogens is 226 g/mol. The Morgan fingerprint density at radius 1 is 1.28 bits per heavy atom. The van der Waals surface area contributed by atoms with Crippen molar-refractivity contribution in [1.82, 2.24) is 10.2 Å². The zero-order valence-corrected chi connectivity index (χ0v) is 10.9. The number of likely N-dealkylation sites (tertiary alicyclic amines) is 1. The summed E-state index contributed by atoms with van der Waals surface area (Å²) in [6.45, 7) is 2.13. The van der Waals surface area contributed by atoms with Crippen LogP contribution >= 0.6 is 0 Å². The molecule has 0 radical (unpaired) electrons. The number of fused-ring (bicyclic) bond motifs is 1. The van der Waals surface area contributed by atoms with Crippen LogP contribution in [-0.2, 0) is 4.79 Å². The van der Waals surface area contributed by atoms with Crippen molar-refractivity contribution in [1.29, 1.82) is 0 Å². The summed E-state index contributed by atoms with van der Waals surface area (Å²) in [5.74, 6) is 0.158. The first-order chi connectivity index (χ1) is 8.66. The zero-order valence-electron chi connectivity index (χ0n) is 10.9. The first kappa shape index (κ1) is 11.7. The maximum atomic E-state index is 12.3. The van der Waals surface area contributed by atoms with E-state index in [2.05, 4.69) is 17.3 Å². The van der Waals surface area contributed by atoms with Gasteiger partial charge in [0.2, 0.25) is 5.91 Å². The van der Waals surface area contributed by atoms with Gasteiger partial charge in [0.1, 0.15) is 6.04 Å². The number of carbonyl (C=O) groups excluding carboxylic acids is 1. The van der Waals surface area contributed by atoms with Gasteiger partial charge >= 0.3 is 0 Å². The maximum absolute atomic E-state index is 12.3. The van der Waals surface area contributed by atoms with E-state index in [1.165, 1.54) is 0 Å². The largest absolute Gasteiger partial charge is 0.313 e. The summed E-state index contributed by atoms with van der Waals surface area (Å²) < 4.78 is 0. The Morgan fingerprint density at radius 3 is 2.78 bits per heavy atom. The summed E-state index contributed by atoms with van der Waals surface area (Å²) in [6.07, 6.45) is 1.12. The second kappa shape index (κ2) is 4.37. The van der Waals surface area contributed by atoms with E-state index in [1.807, 2.05) is 31.3 Å². The molecule has 18 heavy (non-hydrogen) atoms. The normalized spacial score (nSPS) is 27.9. The van der Waals surface area contributed by atoms with Crippen LogP contribution in [0.2, 0.25) is 0 Å². The molecule has 1 N–H and O–H groups in total. The average molecular weight is 245 g/mol. The summed E-state index contributed by atoms with van der Waals surface area (Å²) >= 11 is 0. The summed E-state index contributed by atoms with van der Waals surface area (Å²) in [5.41, 5.74) is 2.14. The molecule has 4 heteroatoms. The van der Waals surface area contributed by atoms with Gasteiger partial charge in [0, 0.05) is 30.9 Å². The van der Waals surface area contributed by atoms with Crippen molar-refractivity contribution in [2.45, 2.75) is 18.5 Å². The minimum atomic E-state index is -0.164. The third kappa shape index (κ3) is 1.82. The van der Waals surface area contributed by atoms with E-state index in [0.717, 1.165) is 30.8 Å². The minimum absolute atomic E-state index is 0.158. The van der Waals surface area contributed by atoms with Gasteiger partial charge in [-0.2, -0.15) is 0 Å². The Hall–Kier alpha value is -1.39. The Labute approximate surface area is 108 Å². The fourth-order valence-corrected chi connectivity index (χ4v) is 2.95. The molecule has 4 nitrogen and oxygen atoms in total. The molecular formula is C14H19N3O. The van der Waals surface area contributed by atoms with Gasteiger partial charge in [-0.25, -0.2) is 0 Å². The molecule has 1 aromatic rings. The summed E-state index contributed by atoms with van der Waals surface area (Å²) in [7, 11) is 3.97. The maximum Gasteiger partial charge on any atom is 0.248 e. The molecule has 2 atom stereocenters. The predicted molar refractivity (Wildman–Crippen MR) is 71.6 cm³/mol. The molecule has 1 saturated heterocycles. The first-order valence-corrected chi connectivity index (χ1v) is 6.48. The summed E-state index contributed by atoms with van der Waals surface area (Å²) in [4.78, 5) is 16.3. The van der Waals surface area contributed by atoms with Gasteiger partial charge in [-0.3, -0.25) is 10.1 Å². The van der Waals surface area contributed by atoms with Crippen LogP contribution in [0.5, 0.6) is 0 Å². The number of hydrogen-bond acceptors (Lipinski definition) is 3. The van der Waals surface area contributed by atoms with Gasteiger partial charge < -0.3 is 9.80 Å². The van der Waals surface area contributed by atoms with E-state index in [-0.39, 0.29) is 11.9 Å². The lowest BCUT2D eigenvalue weighted by molar-refractivity contribution is -0.119. The second-order valence-corrected chi connectivity index (χ2v) is 5.30. The molecule has 2 unspecified atom stereocenters. The van der Waals surface area contributed by atoms with E-state index < -0.39 is 0 Å². The standard InChI is InChI=1S/C14H19N3O/c1-16-8-7-10(9-16)15-13-11-5-3-4-6-12(11)17(2)14(13)18/h3-6,10,13,15H,7-9H2,1-2H3. The Bertz CT molecular complexity index is 474. The Morgan fingerprint density at radius 2 is 2.06 bits per heavy atom. The van der Waals surface area contributed by atoms with E-state index in [4.69, 9.17) is 0 Å². The van der Waals surface area contributed by atoms with E-state index >= 15 is 0 Å². The second-order valence-electron chi connectivity index (χ2n) is 5.30. The molecule has 2 aliphatic rings. The highest BCUT2D eigenvalue weighted by atomic mass is 16.2. The molecule has 2 heterocycles. The molecule has 0 bridgehead atoms. The molecule has 3 rings (SSSR count). The van der Waals surface area contributed by atoms with Gasteiger partial charge in [-0.05, 0) is 26.1 Å².